The van der Waals surface area contributed by atoms with Crippen LogP contribution in [0.3, 0.4) is 0 Å². The van der Waals surface area contributed by atoms with E-state index in [1.165, 1.54) is 5.56 Å². The molecule has 0 aliphatic rings. The van der Waals surface area contributed by atoms with Gasteiger partial charge in [-0.3, -0.25) is 0 Å². The first-order chi connectivity index (χ1) is 7.07. The maximum absolute atomic E-state index is 11.2. The second-order valence-electron chi connectivity index (χ2n) is 3.39. The molecule has 0 aliphatic heterocycles. The molecule has 15 heavy (non-hydrogen) atoms. The normalized spacial score (nSPS) is 11.6. The minimum Gasteiger partial charge on any atom is -0.212 e. The van der Waals surface area contributed by atoms with E-state index in [9.17, 15) is 8.42 Å². The first-order valence-corrected chi connectivity index (χ1v) is 6.77. The standard InChI is InChI=1S/C11H17NO2S/c1-3-10-5-7-11(8-6-10)9-12-15(13,14)4-2/h5-8,12H,3-4,9H2,1-2H3. The maximum atomic E-state index is 11.2. The molecule has 0 bridgehead atoms. The molecule has 0 heterocycles. The summed E-state index contributed by atoms with van der Waals surface area (Å²) in [7, 11) is -3.08. The smallest absolute Gasteiger partial charge is 0.211 e. The van der Waals surface area contributed by atoms with E-state index in [-0.39, 0.29) is 5.75 Å². The van der Waals surface area contributed by atoms with E-state index in [0.717, 1.165) is 12.0 Å². The monoisotopic (exact) mass is 227 g/mol. The Balaban J connectivity index is 2.59. The van der Waals surface area contributed by atoms with Gasteiger partial charge >= 0.3 is 0 Å². The van der Waals surface area contributed by atoms with Gasteiger partial charge in [-0.05, 0) is 24.5 Å². The lowest BCUT2D eigenvalue weighted by Crippen LogP contribution is -2.24. The van der Waals surface area contributed by atoms with Crippen LogP contribution in [-0.2, 0) is 23.0 Å². The molecule has 4 heteroatoms. The molecule has 84 valence electrons. The van der Waals surface area contributed by atoms with Crippen LogP contribution in [-0.4, -0.2) is 14.2 Å². The number of rotatable bonds is 5. The molecule has 0 saturated heterocycles. The third-order valence-corrected chi connectivity index (χ3v) is 3.65. The van der Waals surface area contributed by atoms with Crippen molar-refractivity contribution in [3.05, 3.63) is 35.4 Å². The van der Waals surface area contributed by atoms with Gasteiger partial charge in [-0.15, -0.1) is 0 Å². The summed E-state index contributed by atoms with van der Waals surface area (Å²) in [6, 6.07) is 7.96. The van der Waals surface area contributed by atoms with E-state index in [1.54, 1.807) is 6.92 Å². The van der Waals surface area contributed by atoms with E-state index in [4.69, 9.17) is 0 Å². The van der Waals surface area contributed by atoms with Gasteiger partial charge in [-0.25, -0.2) is 13.1 Å². The zero-order chi connectivity index (χ0) is 11.3. The van der Waals surface area contributed by atoms with Gasteiger partial charge in [0.05, 0.1) is 5.75 Å². The van der Waals surface area contributed by atoms with Crippen LogP contribution in [0.2, 0.25) is 0 Å². The van der Waals surface area contributed by atoms with E-state index < -0.39 is 10.0 Å². The molecule has 1 rings (SSSR count). The van der Waals surface area contributed by atoms with Crippen LogP contribution >= 0.6 is 0 Å². The van der Waals surface area contributed by atoms with Crippen LogP contribution in [0.25, 0.3) is 0 Å². The highest BCUT2D eigenvalue weighted by atomic mass is 32.2. The molecular weight excluding hydrogens is 210 g/mol. The highest BCUT2D eigenvalue weighted by Gasteiger charge is 2.05. The Kier molecular flexibility index (Phi) is 4.29. The van der Waals surface area contributed by atoms with Crippen molar-refractivity contribution in [1.82, 2.24) is 4.72 Å². The summed E-state index contributed by atoms with van der Waals surface area (Å²) in [6.45, 7) is 4.09. The van der Waals surface area contributed by atoms with Crippen LogP contribution in [0.1, 0.15) is 25.0 Å². The molecule has 0 amide bonds. The summed E-state index contributed by atoms with van der Waals surface area (Å²) in [5.74, 6) is 0.125. The Bertz CT molecular complexity index is 395. The van der Waals surface area contributed by atoms with Gasteiger partial charge in [0.2, 0.25) is 10.0 Å². The first kappa shape index (κ1) is 12.2. The van der Waals surface area contributed by atoms with Crippen molar-refractivity contribution in [2.24, 2.45) is 0 Å². The molecule has 1 aromatic carbocycles. The van der Waals surface area contributed by atoms with Gasteiger partial charge in [0.25, 0.3) is 0 Å². The van der Waals surface area contributed by atoms with E-state index >= 15 is 0 Å². The van der Waals surface area contributed by atoms with Crippen LogP contribution in [0.4, 0.5) is 0 Å². The van der Waals surface area contributed by atoms with Crippen molar-refractivity contribution < 1.29 is 8.42 Å². The van der Waals surface area contributed by atoms with Crippen LogP contribution in [0.5, 0.6) is 0 Å². The largest absolute Gasteiger partial charge is 0.212 e. The summed E-state index contributed by atoms with van der Waals surface area (Å²) >= 11 is 0. The number of sulfonamides is 1. The minimum atomic E-state index is -3.08. The highest BCUT2D eigenvalue weighted by molar-refractivity contribution is 7.89. The Hall–Kier alpha value is -0.870. The summed E-state index contributed by atoms with van der Waals surface area (Å²) in [5.41, 5.74) is 2.25. The number of aryl methyl sites for hydroxylation is 1. The number of nitrogens with one attached hydrogen (secondary N) is 1. The molecule has 0 unspecified atom stereocenters. The third kappa shape index (κ3) is 4.01. The van der Waals surface area contributed by atoms with Crippen molar-refractivity contribution >= 4 is 10.0 Å². The van der Waals surface area contributed by atoms with Crippen LogP contribution in [0, 0.1) is 0 Å². The minimum absolute atomic E-state index is 0.125. The predicted octanol–water partition coefficient (Wildman–Crippen LogP) is 1.69. The summed E-state index contributed by atoms with van der Waals surface area (Å²) in [6.07, 6.45) is 1.00. The molecule has 0 fully saturated rings. The van der Waals surface area contributed by atoms with Gasteiger partial charge < -0.3 is 0 Å². The second kappa shape index (κ2) is 5.28. The highest BCUT2D eigenvalue weighted by Crippen LogP contribution is 2.05. The summed E-state index contributed by atoms with van der Waals surface area (Å²) < 4.78 is 24.9. The van der Waals surface area contributed by atoms with Gasteiger partial charge in [0.15, 0.2) is 0 Å². The Morgan fingerprint density at radius 3 is 2.07 bits per heavy atom. The predicted molar refractivity (Wildman–Crippen MR) is 62.1 cm³/mol. The van der Waals surface area contributed by atoms with E-state index in [2.05, 4.69) is 11.6 Å². The zero-order valence-corrected chi connectivity index (χ0v) is 9.97. The Morgan fingerprint density at radius 1 is 1.07 bits per heavy atom. The average molecular weight is 227 g/mol. The molecular formula is C11H17NO2S. The van der Waals surface area contributed by atoms with E-state index in [1.807, 2.05) is 24.3 Å². The lowest BCUT2D eigenvalue weighted by Gasteiger charge is -2.05. The molecule has 0 saturated carbocycles. The van der Waals surface area contributed by atoms with Crippen molar-refractivity contribution in [1.29, 1.82) is 0 Å². The fraction of sp³-hybridized carbons (Fsp3) is 0.455. The van der Waals surface area contributed by atoms with Gasteiger partial charge in [-0.1, -0.05) is 31.2 Å². The van der Waals surface area contributed by atoms with Crippen molar-refractivity contribution in [3.63, 3.8) is 0 Å². The topological polar surface area (TPSA) is 46.2 Å². The molecule has 0 radical (unpaired) electrons. The van der Waals surface area contributed by atoms with Crippen molar-refractivity contribution in [3.8, 4) is 0 Å². The number of hydrogen-bond donors (Lipinski definition) is 1. The molecule has 0 aromatic heterocycles. The molecule has 0 atom stereocenters. The summed E-state index contributed by atoms with van der Waals surface area (Å²) in [5, 5.41) is 0. The van der Waals surface area contributed by atoms with Gasteiger partial charge in [-0.2, -0.15) is 0 Å². The molecule has 1 N–H and O–H groups in total. The van der Waals surface area contributed by atoms with Crippen LogP contribution < -0.4 is 4.72 Å². The quantitative estimate of drug-likeness (QED) is 0.832. The van der Waals surface area contributed by atoms with Crippen molar-refractivity contribution in [2.75, 3.05) is 5.75 Å². The molecule has 0 aliphatic carbocycles. The van der Waals surface area contributed by atoms with Gasteiger partial charge in [0.1, 0.15) is 0 Å². The first-order valence-electron chi connectivity index (χ1n) is 5.12. The summed E-state index contributed by atoms with van der Waals surface area (Å²) in [4.78, 5) is 0. The van der Waals surface area contributed by atoms with Crippen LogP contribution in [0.15, 0.2) is 24.3 Å². The lowest BCUT2D eigenvalue weighted by molar-refractivity contribution is 0.582. The third-order valence-electron chi connectivity index (χ3n) is 2.31. The number of hydrogen-bond acceptors (Lipinski definition) is 2. The molecule has 1 aromatic rings. The average Bonchev–Trinajstić information content (AvgIpc) is 2.27. The van der Waals surface area contributed by atoms with E-state index in [0.29, 0.717) is 6.54 Å². The fourth-order valence-corrected chi connectivity index (χ4v) is 1.78. The molecule has 3 nitrogen and oxygen atoms in total. The zero-order valence-electron chi connectivity index (χ0n) is 9.16. The lowest BCUT2D eigenvalue weighted by atomic mass is 10.1. The second-order valence-corrected chi connectivity index (χ2v) is 5.49. The fourth-order valence-electron chi connectivity index (χ4n) is 1.19. The Labute approximate surface area is 91.6 Å². The number of benzene rings is 1. The maximum Gasteiger partial charge on any atom is 0.211 e. The SMILES string of the molecule is CCc1ccc(CNS(=O)(=O)CC)cc1. The van der Waals surface area contributed by atoms with Crippen molar-refractivity contribution in [2.45, 2.75) is 26.8 Å². The van der Waals surface area contributed by atoms with Gasteiger partial charge in [0, 0.05) is 6.54 Å². The molecule has 0 spiro atoms. The Morgan fingerprint density at radius 2 is 1.60 bits per heavy atom.